The minimum atomic E-state index is -0.588. The van der Waals surface area contributed by atoms with Gasteiger partial charge >= 0.3 is 0 Å². The standard InChI is InChI=1S/C19H17IN4O3/c1-2-10-24-19(27)15-9-4-3-8-14(15)16(23-24)18(26)22-21-17(25)12-6-5-7-13(20)11-12/h3-9,11H,2,10H2,1H3,(H,21,25)(H,22,26). The van der Waals surface area contributed by atoms with Gasteiger partial charge in [-0.3, -0.25) is 25.2 Å². The summed E-state index contributed by atoms with van der Waals surface area (Å²) in [7, 11) is 0. The van der Waals surface area contributed by atoms with Crippen molar-refractivity contribution in [3.63, 3.8) is 0 Å². The summed E-state index contributed by atoms with van der Waals surface area (Å²) in [5.41, 5.74) is 5.03. The van der Waals surface area contributed by atoms with Gasteiger partial charge < -0.3 is 0 Å². The zero-order valence-electron chi connectivity index (χ0n) is 14.5. The van der Waals surface area contributed by atoms with Crippen LogP contribution in [0.4, 0.5) is 0 Å². The van der Waals surface area contributed by atoms with Gasteiger partial charge in [-0.15, -0.1) is 0 Å². The van der Waals surface area contributed by atoms with Crippen LogP contribution in [-0.2, 0) is 6.54 Å². The Labute approximate surface area is 168 Å². The monoisotopic (exact) mass is 476 g/mol. The molecule has 0 aliphatic rings. The van der Waals surface area contributed by atoms with Crippen molar-refractivity contribution in [1.82, 2.24) is 20.6 Å². The van der Waals surface area contributed by atoms with Gasteiger partial charge in [0.25, 0.3) is 17.4 Å². The molecule has 2 aromatic carbocycles. The van der Waals surface area contributed by atoms with Gasteiger partial charge in [0.15, 0.2) is 5.69 Å². The SMILES string of the molecule is CCCn1nc(C(=O)NNC(=O)c2cccc(I)c2)c2ccccc2c1=O. The Morgan fingerprint density at radius 3 is 2.44 bits per heavy atom. The molecule has 0 fully saturated rings. The Bertz CT molecular complexity index is 1080. The summed E-state index contributed by atoms with van der Waals surface area (Å²) < 4.78 is 2.18. The van der Waals surface area contributed by atoms with Crippen molar-refractivity contribution in [2.24, 2.45) is 0 Å². The van der Waals surface area contributed by atoms with Gasteiger partial charge in [0.2, 0.25) is 0 Å². The van der Waals surface area contributed by atoms with E-state index in [0.717, 1.165) is 3.57 Å². The van der Waals surface area contributed by atoms with Crippen LogP contribution in [0.25, 0.3) is 10.8 Å². The molecule has 7 nitrogen and oxygen atoms in total. The number of nitrogens with one attached hydrogen (secondary N) is 2. The number of aryl methyl sites for hydroxylation is 1. The first-order valence-electron chi connectivity index (χ1n) is 8.37. The highest BCUT2D eigenvalue weighted by atomic mass is 127. The molecule has 0 spiro atoms. The lowest BCUT2D eigenvalue weighted by atomic mass is 10.1. The third kappa shape index (κ3) is 4.16. The highest BCUT2D eigenvalue weighted by molar-refractivity contribution is 14.1. The molecule has 1 aromatic heterocycles. The number of carbonyl (C=O) groups excluding carboxylic acids is 2. The minimum Gasteiger partial charge on any atom is -0.267 e. The average Bonchev–Trinajstić information content (AvgIpc) is 2.68. The summed E-state index contributed by atoms with van der Waals surface area (Å²) >= 11 is 2.10. The number of hydrogen-bond donors (Lipinski definition) is 2. The van der Waals surface area contributed by atoms with Gasteiger partial charge in [0.1, 0.15) is 0 Å². The van der Waals surface area contributed by atoms with Crippen molar-refractivity contribution in [2.45, 2.75) is 19.9 Å². The van der Waals surface area contributed by atoms with Crippen molar-refractivity contribution < 1.29 is 9.59 Å². The van der Waals surface area contributed by atoms with Crippen LogP contribution in [0.2, 0.25) is 0 Å². The van der Waals surface area contributed by atoms with Gasteiger partial charge in [-0.25, -0.2) is 4.68 Å². The third-order valence-electron chi connectivity index (χ3n) is 3.89. The van der Waals surface area contributed by atoms with Gasteiger partial charge in [-0.05, 0) is 53.3 Å². The Morgan fingerprint density at radius 2 is 1.74 bits per heavy atom. The number of carbonyl (C=O) groups is 2. The minimum absolute atomic E-state index is 0.0848. The van der Waals surface area contributed by atoms with E-state index >= 15 is 0 Å². The van der Waals surface area contributed by atoms with E-state index in [4.69, 9.17) is 0 Å². The Balaban J connectivity index is 1.88. The molecule has 0 aliphatic heterocycles. The molecule has 2 amide bonds. The van der Waals surface area contributed by atoms with Crippen molar-refractivity contribution in [3.8, 4) is 0 Å². The maximum absolute atomic E-state index is 12.6. The van der Waals surface area contributed by atoms with Crippen molar-refractivity contribution in [1.29, 1.82) is 0 Å². The molecule has 3 rings (SSSR count). The largest absolute Gasteiger partial charge is 0.290 e. The van der Waals surface area contributed by atoms with Crippen LogP contribution >= 0.6 is 22.6 Å². The van der Waals surface area contributed by atoms with Crippen LogP contribution in [0.15, 0.2) is 53.3 Å². The summed E-state index contributed by atoms with van der Waals surface area (Å²) in [5.74, 6) is -1.02. The molecule has 2 N–H and O–H groups in total. The zero-order chi connectivity index (χ0) is 19.4. The highest BCUT2D eigenvalue weighted by Gasteiger charge is 2.17. The van der Waals surface area contributed by atoms with Gasteiger partial charge in [-0.2, -0.15) is 5.10 Å². The molecule has 138 valence electrons. The summed E-state index contributed by atoms with van der Waals surface area (Å²) in [4.78, 5) is 37.3. The van der Waals surface area contributed by atoms with Crippen LogP contribution in [0.1, 0.15) is 34.2 Å². The summed E-state index contributed by atoms with van der Waals surface area (Å²) in [6.45, 7) is 2.32. The molecular formula is C19H17IN4O3. The predicted molar refractivity (Wildman–Crippen MR) is 110 cm³/mol. The lowest BCUT2D eigenvalue weighted by Gasteiger charge is -2.11. The topological polar surface area (TPSA) is 93.1 Å². The van der Waals surface area contributed by atoms with Crippen molar-refractivity contribution >= 4 is 45.2 Å². The second kappa shape index (κ2) is 8.30. The Morgan fingerprint density at radius 1 is 1.04 bits per heavy atom. The maximum Gasteiger partial charge on any atom is 0.290 e. The smallest absolute Gasteiger partial charge is 0.267 e. The molecule has 0 saturated carbocycles. The fraction of sp³-hybridized carbons (Fsp3) is 0.158. The van der Waals surface area contributed by atoms with E-state index in [2.05, 4.69) is 38.5 Å². The van der Waals surface area contributed by atoms with Crippen LogP contribution in [-0.4, -0.2) is 21.6 Å². The molecule has 8 heteroatoms. The summed E-state index contributed by atoms with van der Waals surface area (Å²) in [6.07, 6.45) is 0.704. The fourth-order valence-electron chi connectivity index (χ4n) is 2.64. The number of aromatic nitrogens is 2. The number of amides is 2. The highest BCUT2D eigenvalue weighted by Crippen LogP contribution is 2.13. The van der Waals surface area contributed by atoms with Crippen molar-refractivity contribution in [2.75, 3.05) is 0 Å². The van der Waals surface area contributed by atoms with E-state index in [1.807, 2.05) is 13.0 Å². The normalized spacial score (nSPS) is 10.6. The van der Waals surface area contributed by atoms with Crippen LogP contribution in [0.5, 0.6) is 0 Å². The van der Waals surface area contributed by atoms with Crippen LogP contribution < -0.4 is 16.4 Å². The molecule has 0 atom stereocenters. The van der Waals surface area contributed by atoms with E-state index in [0.29, 0.717) is 29.3 Å². The number of hydrazine groups is 1. The molecule has 0 aliphatic carbocycles. The number of nitrogens with zero attached hydrogens (tertiary/aromatic N) is 2. The van der Waals surface area contributed by atoms with E-state index in [9.17, 15) is 14.4 Å². The Hall–Kier alpha value is -2.75. The quantitative estimate of drug-likeness (QED) is 0.447. The number of halogens is 1. The van der Waals surface area contributed by atoms with E-state index in [1.165, 1.54) is 4.68 Å². The van der Waals surface area contributed by atoms with Crippen molar-refractivity contribution in [3.05, 3.63) is 73.7 Å². The second-order valence-electron chi connectivity index (χ2n) is 5.84. The first-order valence-corrected chi connectivity index (χ1v) is 9.45. The van der Waals surface area contributed by atoms with E-state index < -0.39 is 11.8 Å². The molecule has 0 unspecified atom stereocenters. The predicted octanol–water partition coefficient (Wildman–Crippen LogP) is 2.49. The first kappa shape index (κ1) is 19.0. The fourth-order valence-corrected chi connectivity index (χ4v) is 3.18. The number of hydrogen-bond acceptors (Lipinski definition) is 4. The molecular weight excluding hydrogens is 459 g/mol. The molecule has 1 heterocycles. The number of fused-ring (bicyclic) bond motifs is 1. The summed E-state index contributed by atoms with van der Waals surface area (Å²) in [6, 6.07) is 13.8. The molecule has 0 radical (unpaired) electrons. The first-order chi connectivity index (χ1) is 13.0. The van der Waals surface area contributed by atoms with Crippen LogP contribution in [0.3, 0.4) is 0 Å². The number of rotatable bonds is 4. The third-order valence-corrected chi connectivity index (χ3v) is 4.57. The second-order valence-corrected chi connectivity index (χ2v) is 7.09. The van der Waals surface area contributed by atoms with Crippen LogP contribution in [0, 0.1) is 3.57 Å². The molecule has 27 heavy (non-hydrogen) atoms. The number of benzene rings is 2. The lowest BCUT2D eigenvalue weighted by Crippen LogP contribution is -2.42. The maximum atomic E-state index is 12.6. The molecule has 0 bridgehead atoms. The molecule has 0 saturated heterocycles. The van der Waals surface area contributed by atoms with Gasteiger partial charge in [0.05, 0.1) is 5.39 Å². The van der Waals surface area contributed by atoms with Gasteiger partial charge in [-0.1, -0.05) is 31.2 Å². The molecule has 3 aromatic rings. The zero-order valence-corrected chi connectivity index (χ0v) is 16.7. The average molecular weight is 476 g/mol. The summed E-state index contributed by atoms with van der Waals surface area (Å²) in [5, 5.41) is 5.05. The van der Waals surface area contributed by atoms with E-state index in [1.54, 1.807) is 42.5 Å². The Kier molecular flexibility index (Phi) is 5.84. The lowest BCUT2D eigenvalue weighted by molar-refractivity contribution is 0.0843. The van der Waals surface area contributed by atoms with Gasteiger partial charge in [0, 0.05) is 21.1 Å². The van der Waals surface area contributed by atoms with E-state index in [-0.39, 0.29) is 11.3 Å².